The summed E-state index contributed by atoms with van der Waals surface area (Å²) in [5, 5.41) is 8.56. The molecule has 36 heavy (non-hydrogen) atoms. The number of rotatable bonds is 8. The summed E-state index contributed by atoms with van der Waals surface area (Å²) in [4.78, 5) is 49.5. The third-order valence-electron chi connectivity index (χ3n) is 4.89. The van der Waals surface area contributed by atoms with Crippen LogP contribution in [0.3, 0.4) is 0 Å². The minimum absolute atomic E-state index is 0.132. The van der Waals surface area contributed by atoms with E-state index < -0.39 is 17.8 Å². The van der Waals surface area contributed by atoms with Gasteiger partial charge in [0.15, 0.2) is 0 Å². The van der Waals surface area contributed by atoms with Crippen molar-refractivity contribution >= 4 is 46.7 Å². The number of nitrogens with one attached hydrogen (secondary N) is 3. The quantitative estimate of drug-likeness (QED) is 0.288. The second kappa shape index (κ2) is 12.0. The standard InChI is InChI=1S/C27H26ClN3O5/c1-16(2)15-29-26(34)23-14-22(36-27(35)19-5-4-6-20(28)13-19)11-12-24(23)31-25(33)18-7-9-21(10-8-18)30-17(3)32/h4-14,16H,15H2,1-3H3,(H,29,34)(H,30,32)(H,31,33). The van der Waals surface area contributed by atoms with E-state index >= 15 is 0 Å². The summed E-state index contributed by atoms with van der Waals surface area (Å²) in [6, 6.07) is 17.0. The highest BCUT2D eigenvalue weighted by Gasteiger charge is 2.18. The first-order valence-electron chi connectivity index (χ1n) is 11.2. The Labute approximate surface area is 214 Å². The lowest BCUT2D eigenvalue weighted by Gasteiger charge is -2.14. The molecule has 0 radical (unpaired) electrons. The van der Waals surface area contributed by atoms with E-state index in [0.717, 1.165) is 0 Å². The van der Waals surface area contributed by atoms with Gasteiger partial charge >= 0.3 is 5.97 Å². The number of amides is 3. The molecule has 0 aliphatic heterocycles. The predicted octanol–water partition coefficient (Wildman–Crippen LogP) is 5.16. The molecule has 3 aromatic carbocycles. The van der Waals surface area contributed by atoms with Gasteiger partial charge in [-0.3, -0.25) is 14.4 Å². The van der Waals surface area contributed by atoms with Crippen molar-refractivity contribution in [2.24, 2.45) is 5.92 Å². The molecule has 186 valence electrons. The average Bonchev–Trinajstić information content (AvgIpc) is 2.83. The van der Waals surface area contributed by atoms with Gasteiger partial charge in [0.1, 0.15) is 5.75 Å². The Kier molecular flexibility index (Phi) is 8.81. The highest BCUT2D eigenvalue weighted by Crippen LogP contribution is 2.25. The van der Waals surface area contributed by atoms with E-state index in [2.05, 4.69) is 16.0 Å². The Hall–Kier alpha value is -4.17. The number of carbonyl (C=O) groups is 4. The van der Waals surface area contributed by atoms with Crippen molar-refractivity contribution in [2.45, 2.75) is 20.8 Å². The second-order valence-electron chi connectivity index (χ2n) is 8.42. The number of anilines is 2. The summed E-state index contributed by atoms with van der Waals surface area (Å²) in [6.45, 7) is 5.72. The van der Waals surface area contributed by atoms with Crippen molar-refractivity contribution in [3.05, 3.63) is 88.4 Å². The highest BCUT2D eigenvalue weighted by atomic mass is 35.5. The van der Waals surface area contributed by atoms with Crippen LogP contribution in [0.4, 0.5) is 11.4 Å². The molecule has 0 heterocycles. The molecular weight excluding hydrogens is 482 g/mol. The Bertz CT molecular complexity index is 1290. The molecule has 9 heteroatoms. The van der Waals surface area contributed by atoms with Gasteiger partial charge in [-0.25, -0.2) is 4.79 Å². The maximum Gasteiger partial charge on any atom is 0.343 e. The van der Waals surface area contributed by atoms with Gasteiger partial charge in [-0.2, -0.15) is 0 Å². The molecule has 0 atom stereocenters. The summed E-state index contributed by atoms with van der Waals surface area (Å²) >= 11 is 5.95. The van der Waals surface area contributed by atoms with E-state index in [1.807, 2.05) is 13.8 Å². The predicted molar refractivity (Wildman–Crippen MR) is 139 cm³/mol. The highest BCUT2D eigenvalue weighted by molar-refractivity contribution is 6.30. The van der Waals surface area contributed by atoms with Crippen LogP contribution in [0.1, 0.15) is 51.8 Å². The van der Waals surface area contributed by atoms with Crippen molar-refractivity contribution in [1.29, 1.82) is 0 Å². The number of ether oxygens (including phenoxy) is 1. The van der Waals surface area contributed by atoms with Gasteiger partial charge in [0.2, 0.25) is 5.91 Å². The fourth-order valence-electron chi connectivity index (χ4n) is 3.16. The molecule has 3 N–H and O–H groups in total. The third kappa shape index (κ3) is 7.41. The average molecular weight is 508 g/mol. The lowest BCUT2D eigenvalue weighted by Crippen LogP contribution is -2.28. The number of carbonyl (C=O) groups excluding carboxylic acids is 4. The minimum atomic E-state index is -0.637. The third-order valence-corrected chi connectivity index (χ3v) is 5.13. The van der Waals surface area contributed by atoms with E-state index in [1.165, 1.54) is 31.2 Å². The zero-order valence-electron chi connectivity index (χ0n) is 20.1. The topological polar surface area (TPSA) is 114 Å². The zero-order chi connectivity index (χ0) is 26.2. The minimum Gasteiger partial charge on any atom is -0.423 e. The lowest BCUT2D eigenvalue weighted by atomic mass is 10.1. The first kappa shape index (κ1) is 26.4. The van der Waals surface area contributed by atoms with Crippen molar-refractivity contribution in [1.82, 2.24) is 5.32 Å². The van der Waals surface area contributed by atoms with Crippen LogP contribution >= 0.6 is 11.6 Å². The number of halogens is 1. The van der Waals surface area contributed by atoms with E-state index in [4.69, 9.17) is 16.3 Å². The molecule has 0 unspecified atom stereocenters. The van der Waals surface area contributed by atoms with Gasteiger partial charge < -0.3 is 20.7 Å². The van der Waals surface area contributed by atoms with Gasteiger partial charge in [-0.1, -0.05) is 31.5 Å². The van der Waals surface area contributed by atoms with Crippen molar-refractivity contribution < 1.29 is 23.9 Å². The van der Waals surface area contributed by atoms with Crippen LogP contribution in [-0.2, 0) is 4.79 Å². The Morgan fingerprint density at radius 2 is 1.58 bits per heavy atom. The molecule has 3 aromatic rings. The molecule has 3 amide bonds. The summed E-state index contributed by atoms with van der Waals surface area (Å²) < 4.78 is 5.44. The fourth-order valence-corrected chi connectivity index (χ4v) is 3.35. The molecule has 8 nitrogen and oxygen atoms in total. The summed E-state index contributed by atoms with van der Waals surface area (Å²) in [7, 11) is 0. The second-order valence-corrected chi connectivity index (χ2v) is 8.86. The molecule has 3 rings (SSSR count). The van der Waals surface area contributed by atoms with E-state index in [9.17, 15) is 19.2 Å². The number of hydrogen-bond acceptors (Lipinski definition) is 5. The Balaban J connectivity index is 1.84. The Morgan fingerprint density at radius 3 is 2.22 bits per heavy atom. The monoisotopic (exact) mass is 507 g/mol. The first-order valence-corrected chi connectivity index (χ1v) is 11.6. The normalized spacial score (nSPS) is 10.5. The Morgan fingerprint density at radius 1 is 0.861 bits per heavy atom. The maximum atomic E-state index is 12.9. The zero-order valence-corrected chi connectivity index (χ0v) is 20.8. The molecule has 0 fully saturated rings. The smallest absolute Gasteiger partial charge is 0.343 e. The van der Waals surface area contributed by atoms with Crippen LogP contribution in [-0.4, -0.2) is 30.2 Å². The van der Waals surface area contributed by atoms with Crippen LogP contribution < -0.4 is 20.7 Å². The molecule has 0 saturated heterocycles. The number of benzene rings is 3. The molecular formula is C27H26ClN3O5. The first-order chi connectivity index (χ1) is 17.1. The largest absolute Gasteiger partial charge is 0.423 e. The van der Waals surface area contributed by atoms with Crippen LogP contribution in [0, 0.1) is 5.92 Å². The maximum absolute atomic E-state index is 12.9. The van der Waals surface area contributed by atoms with Crippen molar-refractivity contribution in [3.8, 4) is 5.75 Å². The van der Waals surface area contributed by atoms with Crippen LogP contribution in [0.2, 0.25) is 5.02 Å². The molecule has 0 aliphatic carbocycles. The fraction of sp³-hybridized carbons (Fsp3) is 0.185. The molecule has 0 aromatic heterocycles. The van der Waals surface area contributed by atoms with Crippen LogP contribution in [0.25, 0.3) is 0 Å². The molecule has 0 saturated carbocycles. The van der Waals surface area contributed by atoms with E-state index in [0.29, 0.717) is 22.8 Å². The molecule has 0 aliphatic rings. The van der Waals surface area contributed by atoms with Gasteiger partial charge in [-0.05, 0) is 66.6 Å². The summed E-state index contributed by atoms with van der Waals surface area (Å²) in [6.07, 6.45) is 0. The van der Waals surface area contributed by atoms with Gasteiger partial charge in [0.25, 0.3) is 11.8 Å². The number of hydrogen-bond donors (Lipinski definition) is 3. The molecule has 0 bridgehead atoms. The van der Waals surface area contributed by atoms with Crippen LogP contribution in [0.5, 0.6) is 5.75 Å². The summed E-state index contributed by atoms with van der Waals surface area (Å²) in [5.74, 6) is -1.40. The van der Waals surface area contributed by atoms with Crippen molar-refractivity contribution in [2.75, 3.05) is 17.2 Å². The number of esters is 1. The van der Waals surface area contributed by atoms with Gasteiger partial charge in [0.05, 0.1) is 16.8 Å². The summed E-state index contributed by atoms with van der Waals surface area (Å²) in [5.41, 5.74) is 1.52. The van der Waals surface area contributed by atoms with Gasteiger partial charge in [-0.15, -0.1) is 0 Å². The van der Waals surface area contributed by atoms with Crippen LogP contribution in [0.15, 0.2) is 66.7 Å². The van der Waals surface area contributed by atoms with Gasteiger partial charge in [0, 0.05) is 29.7 Å². The lowest BCUT2D eigenvalue weighted by molar-refractivity contribution is -0.114. The van der Waals surface area contributed by atoms with E-state index in [-0.39, 0.29) is 34.4 Å². The van der Waals surface area contributed by atoms with Crippen molar-refractivity contribution in [3.63, 3.8) is 0 Å². The SMILES string of the molecule is CC(=O)Nc1ccc(C(=O)Nc2ccc(OC(=O)c3cccc(Cl)c3)cc2C(=O)NCC(C)C)cc1. The van der Waals surface area contributed by atoms with E-state index in [1.54, 1.807) is 42.5 Å². The molecule has 0 spiro atoms.